The molecule has 0 fully saturated rings. The molecule has 0 aliphatic rings. The van der Waals surface area contributed by atoms with Crippen molar-refractivity contribution in [1.29, 1.82) is 0 Å². The van der Waals surface area contributed by atoms with Gasteiger partial charge in [-0.3, -0.25) is 4.79 Å². The molecule has 1 N–H and O–H groups in total. The van der Waals surface area contributed by atoms with Gasteiger partial charge in [-0.25, -0.2) is 8.78 Å². The summed E-state index contributed by atoms with van der Waals surface area (Å²) < 4.78 is 29.1. The van der Waals surface area contributed by atoms with Gasteiger partial charge in [0.2, 0.25) is 0 Å². The van der Waals surface area contributed by atoms with Gasteiger partial charge in [0.25, 0.3) is 5.92 Å². The van der Waals surface area contributed by atoms with Crippen molar-refractivity contribution in [2.45, 2.75) is 65.2 Å². The van der Waals surface area contributed by atoms with Crippen LogP contribution in [0, 0.1) is 0 Å². The molecule has 1 rings (SSSR count). The lowest BCUT2D eigenvalue weighted by Gasteiger charge is -2.24. The molecule has 0 aromatic heterocycles. The fourth-order valence-electron chi connectivity index (χ4n) is 2.66. The Hall–Kier alpha value is -1.45. The van der Waals surface area contributed by atoms with Crippen LogP contribution < -0.4 is 0 Å². The number of carbonyl (C=O) groups is 1. The number of aliphatic carboxylic acids is 1. The molecule has 21 heavy (non-hydrogen) atoms. The van der Waals surface area contributed by atoms with Crippen molar-refractivity contribution >= 4 is 5.97 Å². The number of hydrogen-bond acceptors (Lipinski definition) is 1. The molecule has 0 spiro atoms. The van der Waals surface area contributed by atoms with E-state index >= 15 is 0 Å². The molecule has 0 radical (unpaired) electrons. The Balaban J connectivity index is 3.16. The van der Waals surface area contributed by atoms with E-state index in [1.165, 1.54) is 0 Å². The molecule has 0 aliphatic carbocycles. The third kappa shape index (κ3) is 4.51. The number of rotatable bonds is 8. The van der Waals surface area contributed by atoms with Crippen LogP contribution in [0.1, 0.15) is 62.3 Å². The summed E-state index contributed by atoms with van der Waals surface area (Å²) >= 11 is 0. The predicted molar refractivity (Wildman–Crippen MR) is 80.0 cm³/mol. The van der Waals surface area contributed by atoms with Crippen molar-refractivity contribution in [3.8, 4) is 0 Å². The minimum absolute atomic E-state index is 0.00975. The Bertz CT molecular complexity index is 471. The molecule has 0 heterocycles. The predicted octanol–water partition coefficient (Wildman–Crippen LogP) is 4.72. The van der Waals surface area contributed by atoms with Gasteiger partial charge in [-0.05, 0) is 42.4 Å². The van der Waals surface area contributed by atoms with Crippen molar-refractivity contribution < 1.29 is 18.7 Å². The number of carboxylic acid groups (broad SMARTS) is 1. The summed E-state index contributed by atoms with van der Waals surface area (Å²) in [6.07, 6.45) is 1.31. The molecule has 4 heteroatoms. The highest BCUT2D eigenvalue weighted by Crippen LogP contribution is 2.39. The zero-order chi connectivity index (χ0) is 16.0. The fraction of sp³-hybridized carbons (Fsp3) is 0.588. The normalized spacial score (nSPS) is 11.7. The first-order chi connectivity index (χ1) is 9.85. The average Bonchev–Trinajstić information content (AvgIpc) is 2.44. The van der Waals surface area contributed by atoms with E-state index in [-0.39, 0.29) is 18.4 Å². The first-order valence-electron chi connectivity index (χ1n) is 7.60. The van der Waals surface area contributed by atoms with Gasteiger partial charge in [0.05, 0.1) is 0 Å². The minimum Gasteiger partial charge on any atom is -0.481 e. The monoisotopic (exact) mass is 298 g/mol. The lowest BCUT2D eigenvalue weighted by atomic mass is 9.88. The second-order valence-electron chi connectivity index (χ2n) is 5.30. The molecule has 0 saturated carbocycles. The summed E-state index contributed by atoms with van der Waals surface area (Å²) in [5, 5.41) is 8.61. The van der Waals surface area contributed by atoms with Crippen molar-refractivity contribution in [2.75, 3.05) is 0 Å². The first kappa shape index (κ1) is 17.6. The Morgan fingerprint density at radius 1 is 1.10 bits per heavy atom. The van der Waals surface area contributed by atoms with Crippen LogP contribution in [0.4, 0.5) is 8.78 Å². The molecule has 2 nitrogen and oxygen atoms in total. The molecule has 1 aromatic rings. The van der Waals surface area contributed by atoms with Crippen LogP contribution in [0.15, 0.2) is 12.1 Å². The van der Waals surface area contributed by atoms with Crippen LogP contribution in [-0.4, -0.2) is 11.1 Å². The maximum absolute atomic E-state index is 14.5. The number of hydrogen-bond donors (Lipinski definition) is 1. The number of aryl methyl sites for hydroxylation is 3. The molecule has 0 atom stereocenters. The van der Waals surface area contributed by atoms with E-state index in [0.29, 0.717) is 24.0 Å². The SMILES string of the molecule is CCc1cc(CC)c(C(F)(F)CCCC(=O)O)c(CC)c1. The van der Waals surface area contributed by atoms with Crippen LogP contribution in [0.25, 0.3) is 0 Å². The summed E-state index contributed by atoms with van der Waals surface area (Å²) in [5.41, 5.74) is 2.57. The highest BCUT2D eigenvalue weighted by molar-refractivity contribution is 5.66. The minimum atomic E-state index is -2.96. The largest absolute Gasteiger partial charge is 0.481 e. The van der Waals surface area contributed by atoms with Crippen molar-refractivity contribution in [2.24, 2.45) is 0 Å². The van der Waals surface area contributed by atoms with E-state index in [1.54, 1.807) is 0 Å². The summed E-state index contributed by atoms with van der Waals surface area (Å²) in [6, 6.07) is 3.72. The van der Waals surface area contributed by atoms with Crippen LogP contribution in [-0.2, 0) is 30.0 Å². The average molecular weight is 298 g/mol. The Kier molecular flexibility index (Phi) is 6.31. The number of alkyl halides is 2. The van der Waals surface area contributed by atoms with Crippen LogP contribution >= 0.6 is 0 Å². The second kappa shape index (κ2) is 7.53. The highest BCUT2D eigenvalue weighted by atomic mass is 19.3. The number of halogens is 2. The maximum Gasteiger partial charge on any atom is 0.303 e. The van der Waals surface area contributed by atoms with Gasteiger partial charge >= 0.3 is 5.97 Å². The van der Waals surface area contributed by atoms with E-state index in [4.69, 9.17) is 5.11 Å². The molecular formula is C17H24F2O2. The molecule has 0 saturated heterocycles. The van der Waals surface area contributed by atoms with Gasteiger partial charge in [0.15, 0.2) is 0 Å². The highest BCUT2D eigenvalue weighted by Gasteiger charge is 2.35. The van der Waals surface area contributed by atoms with Gasteiger partial charge in [-0.15, -0.1) is 0 Å². The Labute approximate surface area is 125 Å². The lowest BCUT2D eigenvalue weighted by Crippen LogP contribution is -2.19. The van der Waals surface area contributed by atoms with Crippen molar-refractivity contribution in [3.05, 3.63) is 34.4 Å². The summed E-state index contributed by atoms with van der Waals surface area (Å²) in [5.74, 6) is -3.99. The van der Waals surface area contributed by atoms with E-state index < -0.39 is 18.3 Å². The van der Waals surface area contributed by atoms with Crippen molar-refractivity contribution in [3.63, 3.8) is 0 Å². The van der Waals surface area contributed by atoms with Gasteiger partial charge in [-0.1, -0.05) is 32.9 Å². The Morgan fingerprint density at radius 2 is 1.62 bits per heavy atom. The standard InChI is InChI=1S/C17H24F2O2/c1-4-12-10-13(5-2)16(14(6-3)11-12)17(18,19)9-7-8-15(20)21/h10-11H,4-9H2,1-3H3,(H,20,21). The maximum atomic E-state index is 14.5. The molecule has 1 aromatic carbocycles. The van der Waals surface area contributed by atoms with E-state index in [1.807, 2.05) is 32.9 Å². The van der Waals surface area contributed by atoms with Gasteiger partial charge in [0, 0.05) is 18.4 Å². The third-order valence-corrected chi connectivity index (χ3v) is 3.78. The van der Waals surface area contributed by atoms with Gasteiger partial charge < -0.3 is 5.11 Å². The smallest absolute Gasteiger partial charge is 0.303 e. The summed E-state index contributed by atoms with van der Waals surface area (Å²) in [7, 11) is 0. The van der Waals surface area contributed by atoms with E-state index in [2.05, 4.69) is 0 Å². The quantitative estimate of drug-likeness (QED) is 0.754. The molecule has 0 amide bonds. The van der Waals surface area contributed by atoms with Gasteiger partial charge in [-0.2, -0.15) is 0 Å². The second-order valence-corrected chi connectivity index (χ2v) is 5.30. The number of carboxylic acids is 1. The van der Waals surface area contributed by atoms with E-state index in [0.717, 1.165) is 12.0 Å². The fourth-order valence-corrected chi connectivity index (χ4v) is 2.66. The van der Waals surface area contributed by atoms with Crippen LogP contribution in [0.2, 0.25) is 0 Å². The molecule has 0 unspecified atom stereocenters. The molecular weight excluding hydrogens is 274 g/mol. The zero-order valence-corrected chi connectivity index (χ0v) is 13.0. The van der Waals surface area contributed by atoms with E-state index in [9.17, 15) is 13.6 Å². The number of benzene rings is 1. The molecule has 0 bridgehead atoms. The topological polar surface area (TPSA) is 37.3 Å². The molecule has 118 valence electrons. The van der Waals surface area contributed by atoms with Gasteiger partial charge in [0.1, 0.15) is 0 Å². The summed E-state index contributed by atoms with van der Waals surface area (Å²) in [6.45, 7) is 5.77. The molecule has 0 aliphatic heterocycles. The first-order valence-corrected chi connectivity index (χ1v) is 7.60. The third-order valence-electron chi connectivity index (χ3n) is 3.78. The lowest BCUT2D eigenvalue weighted by molar-refractivity contribution is -0.137. The zero-order valence-electron chi connectivity index (χ0n) is 13.0. The Morgan fingerprint density at radius 3 is 2.00 bits per heavy atom. The van der Waals surface area contributed by atoms with Crippen molar-refractivity contribution in [1.82, 2.24) is 0 Å². The summed E-state index contributed by atoms with van der Waals surface area (Å²) in [4.78, 5) is 10.5. The van der Waals surface area contributed by atoms with Crippen LogP contribution in [0.5, 0.6) is 0 Å². The van der Waals surface area contributed by atoms with Crippen LogP contribution in [0.3, 0.4) is 0 Å².